The molecule has 1 aromatic heterocycles. The largest absolute Gasteiger partial charge is 0.272 e. The topological polar surface area (TPSA) is 17.8 Å². The number of rotatable bonds is 4. The van der Waals surface area contributed by atoms with Crippen LogP contribution in [-0.4, -0.2) is 15.5 Å². The molecule has 2 rings (SSSR count). The van der Waals surface area contributed by atoms with E-state index in [0.717, 1.165) is 18.7 Å². The van der Waals surface area contributed by atoms with Gasteiger partial charge in [0.1, 0.15) is 0 Å². The second kappa shape index (κ2) is 5.03. The summed E-state index contributed by atoms with van der Waals surface area (Å²) in [6, 6.07) is 10.3. The standard InChI is InChI=1S/C12H14N2S/c15-8-4-7-14-10-12(9-13-14)11-5-2-1-3-6-11/h1-3,5-6,9-10,15H,4,7-8H2. The summed E-state index contributed by atoms with van der Waals surface area (Å²) in [4.78, 5) is 0. The summed E-state index contributed by atoms with van der Waals surface area (Å²) in [7, 11) is 0. The van der Waals surface area contributed by atoms with Crippen molar-refractivity contribution in [3.05, 3.63) is 42.7 Å². The summed E-state index contributed by atoms with van der Waals surface area (Å²) in [6.45, 7) is 0.941. The molecule has 0 atom stereocenters. The van der Waals surface area contributed by atoms with Gasteiger partial charge in [-0.2, -0.15) is 17.7 Å². The third-order valence-corrected chi connectivity index (χ3v) is 2.60. The average Bonchev–Trinajstić information content (AvgIpc) is 2.76. The molecule has 0 bridgehead atoms. The van der Waals surface area contributed by atoms with Crippen LogP contribution in [0.5, 0.6) is 0 Å². The Balaban J connectivity index is 2.14. The van der Waals surface area contributed by atoms with Gasteiger partial charge in [-0.1, -0.05) is 30.3 Å². The van der Waals surface area contributed by atoms with Crippen LogP contribution >= 0.6 is 12.6 Å². The summed E-state index contributed by atoms with van der Waals surface area (Å²) in [5.74, 6) is 0.903. The summed E-state index contributed by atoms with van der Waals surface area (Å²) < 4.78 is 1.97. The first-order valence-corrected chi connectivity index (χ1v) is 5.72. The predicted molar refractivity (Wildman–Crippen MR) is 66.1 cm³/mol. The van der Waals surface area contributed by atoms with E-state index in [4.69, 9.17) is 0 Å². The van der Waals surface area contributed by atoms with Gasteiger partial charge in [-0.25, -0.2) is 0 Å². The minimum atomic E-state index is 0.903. The molecule has 0 saturated heterocycles. The lowest BCUT2D eigenvalue weighted by atomic mass is 10.1. The predicted octanol–water partition coefficient (Wildman–Crippen LogP) is 2.87. The lowest BCUT2D eigenvalue weighted by molar-refractivity contribution is 0.607. The molecule has 1 heterocycles. The molecule has 0 spiro atoms. The third kappa shape index (κ3) is 2.63. The second-order valence-corrected chi connectivity index (χ2v) is 3.88. The van der Waals surface area contributed by atoms with Crippen molar-refractivity contribution in [2.24, 2.45) is 0 Å². The zero-order chi connectivity index (χ0) is 10.5. The number of hydrogen-bond acceptors (Lipinski definition) is 2. The Morgan fingerprint density at radius 2 is 1.93 bits per heavy atom. The molecular weight excluding hydrogens is 204 g/mol. The van der Waals surface area contributed by atoms with Gasteiger partial charge in [0.2, 0.25) is 0 Å². The van der Waals surface area contributed by atoms with E-state index in [9.17, 15) is 0 Å². The van der Waals surface area contributed by atoms with Crippen LogP contribution in [0.1, 0.15) is 6.42 Å². The monoisotopic (exact) mass is 218 g/mol. The van der Waals surface area contributed by atoms with Crippen LogP contribution in [0.25, 0.3) is 11.1 Å². The van der Waals surface area contributed by atoms with Crippen molar-refractivity contribution in [3.8, 4) is 11.1 Å². The zero-order valence-corrected chi connectivity index (χ0v) is 9.40. The molecule has 0 radical (unpaired) electrons. The van der Waals surface area contributed by atoms with Crippen LogP contribution in [0, 0.1) is 0 Å². The highest BCUT2D eigenvalue weighted by Crippen LogP contribution is 2.17. The number of nitrogens with zero attached hydrogens (tertiary/aromatic N) is 2. The van der Waals surface area contributed by atoms with Crippen molar-refractivity contribution in [2.75, 3.05) is 5.75 Å². The van der Waals surface area contributed by atoms with Crippen molar-refractivity contribution in [2.45, 2.75) is 13.0 Å². The summed E-state index contributed by atoms with van der Waals surface area (Å²) in [6.07, 6.45) is 5.05. The number of benzene rings is 1. The van der Waals surface area contributed by atoms with E-state index in [-0.39, 0.29) is 0 Å². The maximum absolute atomic E-state index is 4.31. The SMILES string of the molecule is SCCCn1cc(-c2ccccc2)cn1. The van der Waals surface area contributed by atoms with Crippen LogP contribution in [0.3, 0.4) is 0 Å². The van der Waals surface area contributed by atoms with E-state index < -0.39 is 0 Å². The van der Waals surface area contributed by atoms with E-state index in [1.807, 2.05) is 29.1 Å². The lowest BCUT2D eigenvalue weighted by Crippen LogP contribution is -1.98. The van der Waals surface area contributed by atoms with Crippen LogP contribution in [0.2, 0.25) is 0 Å². The van der Waals surface area contributed by atoms with E-state index in [1.54, 1.807) is 0 Å². The fourth-order valence-electron chi connectivity index (χ4n) is 1.50. The number of aryl methyl sites for hydroxylation is 1. The van der Waals surface area contributed by atoms with Crippen molar-refractivity contribution >= 4 is 12.6 Å². The van der Waals surface area contributed by atoms with Crippen LogP contribution in [-0.2, 0) is 6.54 Å². The highest BCUT2D eigenvalue weighted by molar-refractivity contribution is 7.80. The van der Waals surface area contributed by atoms with Crippen molar-refractivity contribution in [1.29, 1.82) is 0 Å². The molecule has 0 unspecified atom stereocenters. The first-order chi connectivity index (χ1) is 7.40. The Kier molecular flexibility index (Phi) is 3.45. The minimum absolute atomic E-state index is 0.903. The first kappa shape index (κ1) is 10.3. The highest BCUT2D eigenvalue weighted by Gasteiger charge is 1.99. The molecule has 0 aliphatic rings. The molecule has 0 saturated carbocycles. The van der Waals surface area contributed by atoms with Gasteiger partial charge in [0.05, 0.1) is 6.20 Å². The van der Waals surface area contributed by atoms with Gasteiger partial charge < -0.3 is 0 Å². The molecule has 2 aromatic rings. The van der Waals surface area contributed by atoms with Gasteiger partial charge in [0.25, 0.3) is 0 Å². The third-order valence-electron chi connectivity index (χ3n) is 2.29. The van der Waals surface area contributed by atoms with Crippen molar-refractivity contribution < 1.29 is 0 Å². The van der Waals surface area contributed by atoms with Crippen LogP contribution in [0.4, 0.5) is 0 Å². The molecule has 1 aromatic carbocycles. The van der Waals surface area contributed by atoms with E-state index in [0.29, 0.717) is 0 Å². The normalized spacial score (nSPS) is 10.5. The van der Waals surface area contributed by atoms with Gasteiger partial charge in [0.15, 0.2) is 0 Å². The molecule has 78 valence electrons. The first-order valence-electron chi connectivity index (χ1n) is 5.09. The van der Waals surface area contributed by atoms with Crippen molar-refractivity contribution in [3.63, 3.8) is 0 Å². The quantitative estimate of drug-likeness (QED) is 0.781. The fourth-order valence-corrected chi connectivity index (χ4v) is 1.64. The average molecular weight is 218 g/mol. The Bertz CT molecular complexity index is 409. The molecule has 0 aliphatic carbocycles. The number of aromatic nitrogens is 2. The Labute approximate surface area is 95.3 Å². The van der Waals surface area contributed by atoms with Gasteiger partial charge in [-0.15, -0.1) is 0 Å². The Hall–Kier alpha value is -1.22. The number of thiol groups is 1. The maximum Gasteiger partial charge on any atom is 0.0568 e. The molecular formula is C12H14N2S. The summed E-state index contributed by atoms with van der Waals surface area (Å²) in [5.41, 5.74) is 2.39. The zero-order valence-electron chi connectivity index (χ0n) is 8.50. The maximum atomic E-state index is 4.31. The van der Waals surface area contributed by atoms with Crippen LogP contribution < -0.4 is 0 Å². The van der Waals surface area contributed by atoms with Gasteiger partial charge in [0, 0.05) is 18.3 Å². The van der Waals surface area contributed by atoms with Gasteiger partial charge >= 0.3 is 0 Å². The van der Waals surface area contributed by atoms with Gasteiger partial charge in [-0.3, -0.25) is 4.68 Å². The Morgan fingerprint density at radius 3 is 2.67 bits per heavy atom. The minimum Gasteiger partial charge on any atom is -0.272 e. The van der Waals surface area contributed by atoms with Crippen molar-refractivity contribution in [1.82, 2.24) is 9.78 Å². The number of hydrogen-bond donors (Lipinski definition) is 1. The fraction of sp³-hybridized carbons (Fsp3) is 0.250. The molecule has 0 N–H and O–H groups in total. The molecule has 0 fully saturated rings. The van der Waals surface area contributed by atoms with Gasteiger partial charge in [-0.05, 0) is 17.7 Å². The van der Waals surface area contributed by atoms with Crippen LogP contribution in [0.15, 0.2) is 42.7 Å². The lowest BCUT2D eigenvalue weighted by Gasteiger charge is -1.97. The molecule has 15 heavy (non-hydrogen) atoms. The van der Waals surface area contributed by atoms with E-state index in [2.05, 4.69) is 36.1 Å². The summed E-state index contributed by atoms with van der Waals surface area (Å²) in [5, 5.41) is 4.31. The smallest absolute Gasteiger partial charge is 0.0568 e. The van der Waals surface area contributed by atoms with E-state index in [1.165, 1.54) is 11.1 Å². The molecule has 0 amide bonds. The van der Waals surface area contributed by atoms with E-state index >= 15 is 0 Å². The molecule has 3 heteroatoms. The second-order valence-electron chi connectivity index (χ2n) is 3.44. The highest BCUT2D eigenvalue weighted by atomic mass is 32.1. The molecule has 2 nitrogen and oxygen atoms in total. The summed E-state index contributed by atoms with van der Waals surface area (Å²) >= 11 is 4.19. The Morgan fingerprint density at radius 1 is 1.13 bits per heavy atom. The molecule has 0 aliphatic heterocycles.